The van der Waals surface area contributed by atoms with Gasteiger partial charge in [-0.15, -0.1) is 0 Å². The van der Waals surface area contributed by atoms with Gasteiger partial charge in [0.05, 0.1) is 18.8 Å². The fourth-order valence-electron chi connectivity index (χ4n) is 2.48. The van der Waals surface area contributed by atoms with Gasteiger partial charge in [0, 0.05) is 25.0 Å². The molecule has 0 bridgehead atoms. The number of thiocarbonyl (C=S) groups is 1. The van der Waals surface area contributed by atoms with E-state index in [1.165, 1.54) is 11.1 Å². The van der Waals surface area contributed by atoms with Crippen molar-refractivity contribution in [3.05, 3.63) is 65.6 Å². The van der Waals surface area contributed by atoms with Crippen LogP contribution in [0.25, 0.3) is 0 Å². The molecule has 3 rings (SSSR count). The summed E-state index contributed by atoms with van der Waals surface area (Å²) in [4.78, 5) is 0. The average molecular weight is 354 g/mol. The monoisotopic (exact) mass is 354 g/mol. The van der Waals surface area contributed by atoms with Crippen molar-refractivity contribution in [2.45, 2.75) is 33.5 Å². The Labute approximate surface area is 152 Å². The van der Waals surface area contributed by atoms with Crippen molar-refractivity contribution in [3.63, 3.8) is 0 Å². The molecule has 0 atom stereocenters. The standard InChI is InChI=1S/C18H22N6S/c1-3-23-10-8-16(21-23)12-19-18(25)20-17-9-11-24(22-17)13-15-7-5-4-6-14(15)2/h4-11H,3,12-13H2,1-2H3,(H2,19,20,22,25). The molecule has 0 spiro atoms. The minimum Gasteiger partial charge on any atom is -0.357 e. The number of anilines is 1. The van der Waals surface area contributed by atoms with Crippen LogP contribution in [0.1, 0.15) is 23.7 Å². The van der Waals surface area contributed by atoms with E-state index >= 15 is 0 Å². The Bertz CT molecular complexity index is 851. The molecule has 0 saturated carbocycles. The Kier molecular flexibility index (Phi) is 5.45. The molecule has 0 fully saturated rings. The molecule has 130 valence electrons. The summed E-state index contributed by atoms with van der Waals surface area (Å²) in [5.41, 5.74) is 3.47. The van der Waals surface area contributed by atoms with Crippen molar-refractivity contribution in [1.29, 1.82) is 0 Å². The Morgan fingerprint density at radius 3 is 2.64 bits per heavy atom. The SMILES string of the molecule is CCn1ccc(CNC(=S)Nc2ccn(Cc3ccccc3C)n2)n1. The molecular weight excluding hydrogens is 332 g/mol. The van der Waals surface area contributed by atoms with Crippen molar-refractivity contribution < 1.29 is 0 Å². The molecule has 0 aliphatic carbocycles. The van der Waals surface area contributed by atoms with Crippen LogP contribution >= 0.6 is 12.2 Å². The van der Waals surface area contributed by atoms with E-state index in [4.69, 9.17) is 12.2 Å². The second-order valence-electron chi connectivity index (χ2n) is 5.80. The molecule has 0 aliphatic heterocycles. The lowest BCUT2D eigenvalue weighted by Gasteiger charge is -2.08. The highest BCUT2D eigenvalue weighted by Gasteiger charge is 2.05. The van der Waals surface area contributed by atoms with Crippen LogP contribution in [-0.4, -0.2) is 24.7 Å². The molecule has 0 radical (unpaired) electrons. The Morgan fingerprint density at radius 2 is 1.88 bits per heavy atom. The summed E-state index contributed by atoms with van der Waals surface area (Å²) in [6, 6.07) is 12.2. The first-order valence-corrected chi connectivity index (χ1v) is 8.70. The van der Waals surface area contributed by atoms with Crippen molar-refractivity contribution in [1.82, 2.24) is 24.9 Å². The third-order valence-electron chi connectivity index (χ3n) is 3.93. The van der Waals surface area contributed by atoms with Crippen LogP contribution in [0, 0.1) is 6.92 Å². The summed E-state index contributed by atoms with van der Waals surface area (Å²) < 4.78 is 3.79. The van der Waals surface area contributed by atoms with Gasteiger partial charge in [-0.3, -0.25) is 9.36 Å². The van der Waals surface area contributed by atoms with Crippen molar-refractivity contribution in [2.75, 3.05) is 5.32 Å². The maximum absolute atomic E-state index is 5.32. The Morgan fingerprint density at radius 1 is 1.08 bits per heavy atom. The Hall–Kier alpha value is -2.67. The zero-order valence-electron chi connectivity index (χ0n) is 14.4. The first-order valence-electron chi connectivity index (χ1n) is 8.29. The lowest BCUT2D eigenvalue weighted by atomic mass is 10.1. The normalized spacial score (nSPS) is 10.6. The number of aromatic nitrogens is 4. The molecule has 7 heteroatoms. The van der Waals surface area contributed by atoms with Crippen LogP contribution in [0.3, 0.4) is 0 Å². The predicted molar refractivity (Wildman–Crippen MR) is 103 cm³/mol. The van der Waals surface area contributed by atoms with E-state index in [0.29, 0.717) is 11.7 Å². The minimum absolute atomic E-state index is 0.534. The van der Waals surface area contributed by atoms with Gasteiger partial charge in [-0.05, 0) is 43.3 Å². The van der Waals surface area contributed by atoms with E-state index in [1.54, 1.807) is 0 Å². The molecule has 25 heavy (non-hydrogen) atoms. The number of aryl methyl sites for hydroxylation is 2. The molecule has 6 nitrogen and oxygen atoms in total. The smallest absolute Gasteiger partial charge is 0.172 e. The van der Waals surface area contributed by atoms with Gasteiger partial charge < -0.3 is 10.6 Å². The predicted octanol–water partition coefficient (Wildman–Crippen LogP) is 2.94. The van der Waals surface area contributed by atoms with E-state index in [0.717, 1.165) is 24.6 Å². The third kappa shape index (κ3) is 4.67. The summed E-state index contributed by atoms with van der Waals surface area (Å²) >= 11 is 5.32. The average Bonchev–Trinajstić information content (AvgIpc) is 3.24. The molecule has 0 unspecified atom stereocenters. The molecule has 2 N–H and O–H groups in total. The van der Waals surface area contributed by atoms with Crippen molar-refractivity contribution in [2.24, 2.45) is 0 Å². The van der Waals surface area contributed by atoms with Gasteiger partial charge in [-0.1, -0.05) is 24.3 Å². The minimum atomic E-state index is 0.534. The fourth-order valence-corrected chi connectivity index (χ4v) is 2.66. The molecule has 3 aromatic rings. The highest BCUT2D eigenvalue weighted by Crippen LogP contribution is 2.10. The summed E-state index contributed by atoms with van der Waals surface area (Å²) in [6.45, 7) is 6.35. The topological polar surface area (TPSA) is 59.7 Å². The summed E-state index contributed by atoms with van der Waals surface area (Å²) in [5, 5.41) is 15.7. The summed E-state index contributed by atoms with van der Waals surface area (Å²) in [7, 11) is 0. The van der Waals surface area contributed by atoms with E-state index in [-0.39, 0.29) is 0 Å². The number of hydrogen-bond donors (Lipinski definition) is 2. The van der Waals surface area contributed by atoms with E-state index < -0.39 is 0 Å². The van der Waals surface area contributed by atoms with Crippen LogP contribution in [0.4, 0.5) is 5.82 Å². The first kappa shape index (κ1) is 17.2. The first-order chi connectivity index (χ1) is 12.1. The van der Waals surface area contributed by atoms with Crippen LogP contribution in [0.2, 0.25) is 0 Å². The Balaban J connectivity index is 1.52. The largest absolute Gasteiger partial charge is 0.357 e. The number of nitrogens with zero attached hydrogens (tertiary/aromatic N) is 4. The molecule has 2 heterocycles. The molecule has 2 aromatic heterocycles. The zero-order chi connectivity index (χ0) is 17.6. The van der Waals surface area contributed by atoms with E-state index in [1.807, 2.05) is 46.0 Å². The fraction of sp³-hybridized carbons (Fsp3) is 0.278. The van der Waals surface area contributed by atoms with Gasteiger partial charge >= 0.3 is 0 Å². The highest BCUT2D eigenvalue weighted by atomic mass is 32.1. The molecular formula is C18H22N6S. The summed E-state index contributed by atoms with van der Waals surface area (Å²) in [6.07, 6.45) is 3.90. The van der Waals surface area contributed by atoms with Crippen LogP contribution < -0.4 is 10.6 Å². The molecule has 0 aliphatic rings. The highest BCUT2D eigenvalue weighted by molar-refractivity contribution is 7.80. The molecule has 0 saturated heterocycles. The summed E-state index contributed by atoms with van der Waals surface area (Å²) in [5.74, 6) is 0.727. The quantitative estimate of drug-likeness (QED) is 0.667. The maximum atomic E-state index is 5.32. The van der Waals surface area contributed by atoms with E-state index in [9.17, 15) is 0 Å². The third-order valence-corrected chi connectivity index (χ3v) is 4.17. The van der Waals surface area contributed by atoms with Gasteiger partial charge in [0.15, 0.2) is 10.9 Å². The maximum Gasteiger partial charge on any atom is 0.172 e. The van der Waals surface area contributed by atoms with Crippen LogP contribution in [-0.2, 0) is 19.6 Å². The van der Waals surface area contributed by atoms with Gasteiger partial charge in [-0.25, -0.2) is 0 Å². The van der Waals surface area contributed by atoms with Gasteiger partial charge in [0.25, 0.3) is 0 Å². The lowest BCUT2D eigenvalue weighted by Crippen LogP contribution is -2.28. The number of benzene rings is 1. The zero-order valence-corrected chi connectivity index (χ0v) is 15.3. The van der Waals surface area contributed by atoms with Crippen LogP contribution in [0.15, 0.2) is 48.8 Å². The molecule has 0 amide bonds. The number of rotatable bonds is 6. The van der Waals surface area contributed by atoms with Crippen molar-refractivity contribution in [3.8, 4) is 0 Å². The number of nitrogens with one attached hydrogen (secondary N) is 2. The van der Waals surface area contributed by atoms with Crippen molar-refractivity contribution >= 4 is 23.1 Å². The second kappa shape index (κ2) is 7.94. The van der Waals surface area contributed by atoms with Gasteiger partial charge in [-0.2, -0.15) is 10.2 Å². The lowest BCUT2D eigenvalue weighted by molar-refractivity contribution is 0.643. The molecule has 1 aromatic carbocycles. The van der Waals surface area contributed by atoms with Gasteiger partial charge in [0.1, 0.15) is 0 Å². The van der Waals surface area contributed by atoms with E-state index in [2.05, 4.69) is 46.8 Å². The van der Waals surface area contributed by atoms with Gasteiger partial charge in [0.2, 0.25) is 0 Å². The number of hydrogen-bond acceptors (Lipinski definition) is 3. The van der Waals surface area contributed by atoms with Crippen LogP contribution in [0.5, 0.6) is 0 Å². The second-order valence-corrected chi connectivity index (χ2v) is 6.20.